The molecule has 0 aromatic heterocycles. The van der Waals surface area contributed by atoms with Crippen molar-refractivity contribution in [1.29, 1.82) is 0 Å². The van der Waals surface area contributed by atoms with Crippen LogP contribution in [-0.2, 0) is 17.7 Å². The van der Waals surface area contributed by atoms with Gasteiger partial charge in [-0.1, -0.05) is 30.3 Å². The summed E-state index contributed by atoms with van der Waals surface area (Å²) in [5.74, 6) is 0.924. The number of nitrogen functional groups attached to an aromatic ring is 1. The van der Waals surface area contributed by atoms with Gasteiger partial charge in [-0.15, -0.1) is 0 Å². The smallest absolute Gasteiger partial charge is 0.185 e. The molecule has 3 N–H and O–H groups in total. The fourth-order valence-electron chi connectivity index (χ4n) is 1.91. The summed E-state index contributed by atoms with van der Waals surface area (Å²) < 4.78 is 30.6. The normalized spacial score (nSPS) is 12.3. The molecule has 0 aliphatic rings. The Hall–Kier alpha value is -2.31. The summed E-state index contributed by atoms with van der Waals surface area (Å²) >= 11 is -2.03. The molecule has 0 saturated heterocycles. The number of nitrogens with two attached hydrogens (primary N) is 1. The van der Waals surface area contributed by atoms with Crippen molar-refractivity contribution >= 4 is 22.8 Å². The van der Waals surface area contributed by atoms with Crippen LogP contribution in [-0.4, -0.2) is 15.9 Å². The quantitative estimate of drug-likeness (QED) is 0.632. The van der Waals surface area contributed by atoms with E-state index in [1.807, 2.05) is 30.3 Å². The third kappa shape index (κ3) is 4.09. The van der Waals surface area contributed by atoms with Crippen LogP contribution in [0, 0.1) is 0 Å². The molecule has 0 bridgehead atoms. The Balaban J connectivity index is 2.27. The van der Waals surface area contributed by atoms with E-state index in [-0.39, 0.29) is 0 Å². The van der Waals surface area contributed by atoms with Gasteiger partial charge < -0.3 is 19.8 Å². The molecule has 0 aliphatic carbocycles. The first-order valence-electron chi connectivity index (χ1n) is 6.53. The first kappa shape index (κ1) is 16.1. The van der Waals surface area contributed by atoms with Crippen LogP contribution in [0.3, 0.4) is 0 Å². The number of anilines is 1. The monoisotopic (exact) mass is 319 g/mol. The Bertz CT molecular complexity index is 686. The molecule has 116 valence electrons. The average Bonchev–Trinajstić information content (AvgIpc) is 2.53. The third-order valence-corrected chi connectivity index (χ3v) is 3.37. The lowest BCUT2D eigenvalue weighted by Gasteiger charge is -2.14. The highest BCUT2D eigenvalue weighted by Gasteiger charge is 2.12. The Labute approximate surface area is 131 Å². The number of hydrogen-bond acceptors (Lipinski definition) is 4. The molecular formula is C16H17NO4S. The van der Waals surface area contributed by atoms with Crippen molar-refractivity contribution in [3.8, 4) is 11.5 Å². The van der Waals surface area contributed by atoms with Gasteiger partial charge in [-0.25, -0.2) is 4.21 Å². The molecule has 2 aromatic carbocycles. The first-order chi connectivity index (χ1) is 10.6. The van der Waals surface area contributed by atoms with E-state index < -0.39 is 11.1 Å². The summed E-state index contributed by atoms with van der Waals surface area (Å²) in [6, 6.07) is 13.1. The topological polar surface area (TPSA) is 81.8 Å². The molecule has 5 nitrogen and oxygen atoms in total. The summed E-state index contributed by atoms with van der Waals surface area (Å²) in [7, 11) is 1.53. The number of ether oxygens (including phenoxy) is 2. The van der Waals surface area contributed by atoms with Crippen molar-refractivity contribution in [3.05, 3.63) is 59.0 Å². The van der Waals surface area contributed by atoms with Gasteiger partial charge in [0.1, 0.15) is 6.61 Å². The van der Waals surface area contributed by atoms with Crippen molar-refractivity contribution in [2.75, 3.05) is 12.8 Å². The van der Waals surface area contributed by atoms with E-state index in [9.17, 15) is 4.21 Å². The molecule has 6 heteroatoms. The second kappa shape index (κ2) is 7.63. The van der Waals surface area contributed by atoms with Crippen LogP contribution in [0.4, 0.5) is 5.69 Å². The predicted octanol–water partition coefficient (Wildman–Crippen LogP) is 3.05. The van der Waals surface area contributed by atoms with E-state index in [0.29, 0.717) is 29.4 Å². The Morgan fingerprint density at radius 1 is 1.23 bits per heavy atom. The summed E-state index contributed by atoms with van der Waals surface area (Å²) in [5.41, 5.74) is 8.02. The Kier molecular flexibility index (Phi) is 5.57. The van der Waals surface area contributed by atoms with E-state index >= 15 is 0 Å². The second-order valence-electron chi connectivity index (χ2n) is 4.45. The van der Waals surface area contributed by atoms with Crippen LogP contribution >= 0.6 is 0 Å². The molecule has 0 spiro atoms. The predicted molar refractivity (Wildman–Crippen MR) is 88.0 cm³/mol. The van der Waals surface area contributed by atoms with Gasteiger partial charge in [0.2, 0.25) is 0 Å². The number of hydrogen-bond donors (Lipinski definition) is 2. The molecule has 0 amide bonds. The average molecular weight is 319 g/mol. The molecule has 0 saturated carbocycles. The van der Waals surface area contributed by atoms with Crippen molar-refractivity contribution in [1.82, 2.24) is 0 Å². The maximum Gasteiger partial charge on any atom is 0.185 e. The summed E-state index contributed by atoms with van der Waals surface area (Å²) in [4.78, 5) is 0. The zero-order valence-corrected chi connectivity index (χ0v) is 12.9. The third-order valence-electron chi connectivity index (χ3n) is 3.00. The fraction of sp³-hybridized carbons (Fsp3) is 0.125. The molecule has 2 rings (SSSR count). The summed E-state index contributed by atoms with van der Waals surface area (Å²) in [6.45, 7) is 0.348. The minimum atomic E-state index is -2.03. The lowest BCUT2D eigenvalue weighted by molar-refractivity contribution is 0.286. The molecule has 0 fully saturated rings. The second-order valence-corrected chi connectivity index (χ2v) is 5.28. The molecule has 1 unspecified atom stereocenters. The highest BCUT2D eigenvalue weighted by atomic mass is 32.2. The maximum absolute atomic E-state index is 10.7. The SMILES string of the molecule is COc1ccc(/C=C/S(=O)O)c(N)c1OCc1ccccc1. The first-order valence-corrected chi connectivity index (χ1v) is 7.70. The fourth-order valence-corrected chi connectivity index (χ4v) is 2.17. The minimum Gasteiger partial charge on any atom is -0.493 e. The largest absolute Gasteiger partial charge is 0.493 e. The van der Waals surface area contributed by atoms with E-state index in [1.54, 1.807) is 12.1 Å². The molecule has 0 aliphatic heterocycles. The summed E-state index contributed by atoms with van der Waals surface area (Å²) in [5, 5.41) is 1.14. The van der Waals surface area contributed by atoms with Gasteiger partial charge in [0, 0.05) is 11.0 Å². The standard InChI is InChI=1S/C16H17NO4S/c1-20-14-8-7-13(9-10-22(18)19)15(17)16(14)21-11-12-5-3-2-4-6-12/h2-10H,11,17H2,1H3,(H,18,19)/b10-9+. The molecule has 1 atom stereocenters. The zero-order valence-electron chi connectivity index (χ0n) is 12.1. The van der Waals surface area contributed by atoms with Crippen LogP contribution in [0.5, 0.6) is 11.5 Å². The molecule has 0 heterocycles. The van der Waals surface area contributed by atoms with Crippen LogP contribution in [0.15, 0.2) is 47.9 Å². The number of methoxy groups -OCH3 is 1. The highest BCUT2D eigenvalue weighted by Crippen LogP contribution is 2.37. The van der Waals surface area contributed by atoms with Gasteiger partial charge in [0.25, 0.3) is 0 Å². The van der Waals surface area contributed by atoms with E-state index in [4.69, 9.17) is 19.8 Å². The van der Waals surface area contributed by atoms with Gasteiger partial charge in [-0.05, 0) is 23.8 Å². The van der Waals surface area contributed by atoms with E-state index in [2.05, 4.69) is 0 Å². The lowest BCUT2D eigenvalue weighted by atomic mass is 10.1. The van der Waals surface area contributed by atoms with Crippen molar-refractivity contribution in [2.24, 2.45) is 0 Å². The zero-order chi connectivity index (χ0) is 15.9. The maximum atomic E-state index is 10.7. The van der Waals surface area contributed by atoms with Crippen LogP contribution in [0.2, 0.25) is 0 Å². The van der Waals surface area contributed by atoms with Crippen molar-refractivity contribution in [3.63, 3.8) is 0 Å². The number of benzene rings is 2. The van der Waals surface area contributed by atoms with Crippen LogP contribution in [0.1, 0.15) is 11.1 Å². The van der Waals surface area contributed by atoms with Gasteiger partial charge in [0.05, 0.1) is 12.8 Å². The summed E-state index contributed by atoms with van der Waals surface area (Å²) in [6.07, 6.45) is 1.47. The van der Waals surface area contributed by atoms with Crippen molar-refractivity contribution in [2.45, 2.75) is 6.61 Å². The molecule has 22 heavy (non-hydrogen) atoms. The van der Waals surface area contributed by atoms with Gasteiger partial charge in [0.15, 0.2) is 22.6 Å². The molecular weight excluding hydrogens is 302 g/mol. The minimum absolute atomic E-state index is 0.348. The van der Waals surface area contributed by atoms with Gasteiger partial charge >= 0.3 is 0 Å². The lowest BCUT2D eigenvalue weighted by Crippen LogP contribution is -2.02. The van der Waals surface area contributed by atoms with Gasteiger partial charge in [-0.3, -0.25) is 0 Å². The molecule has 0 radical (unpaired) electrons. The Morgan fingerprint density at radius 2 is 1.95 bits per heavy atom. The highest BCUT2D eigenvalue weighted by molar-refractivity contribution is 7.82. The van der Waals surface area contributed by atoms with E-state index in [1.165, 1.54) is 13.2 Å². The van der Waals surface area contributed by atoms with Crippen LogP contribution < -0.4 is 15.2 Å². The Morgan fingerprint density at radius 3 is 2.59 bits per heavy atom. The molecule has 2 aromatic rings. The van der Waals surface area contributed by atoms with Gasteiger partial charge in [-0.2, -0.15) is 0 Å². The van der Waals surface area contributed by atoms with E-state index in [0.717, 1.165) is 11.0 Å². The van der Waals surface area contributed by atoms with Crippen molar-refractivity contribution < 1.29 is 18.2 Å². The van der Waals surface area contributed by atoms with Crippen LogP contribution in [0.25, 0.3) is 6.08 Å². The number of rotatable bonds is 6.